The number of carbonyl (C=O) groups excluding carboxylic acids is 2. The zero-order valence-electron chi connectivity index (χ0n) is 20.5. The molecule has 0 rings (SSSR count). The molecule has 0 aromatic carbocycles. The van der Waals surface area contributed by atoms with Crippen molar-refractivity contribution in [3.8, 4) is 0 Å². The molecule has 198 valence electrons. The zero-order valence-corrected chi connectivity index (χ0v) is 21.3. The first-order chi connectivity index (χ1) is 16.2. The van der Waals surface area contributed by atoms with Crippen molar-refractivity contribution in [1.29, 1.82) is 0 Å². The summed E-state index contributed by atoms with van der Waals surface area (Å²) in [7, 11) is -4.91. The van der Waals surface area contributed by atoms with Gasteiger partial charge in [-0.25, -0.2) is 0 Å². The second kappa shape index (κ2) is 20.4. The predicted molar refractivity (Wildman–Crippen MR) is 131 cm³/mol. The number of carboxylic acids is 1. The van der Waals surface area contributed by atoms with Gasteiger partial charge in [-0.3, -0.25) is 18.9 Å². The van der Waals surface area contributed by atoms with Gasteiger partial charge in [0.25, 0.3) is 10.1 Å². The third-order valence-corrected chi connectivity index (χ3v) is 6.43. The van der Waals surface area contributed by atoms with E-state index in [1.807, 2.05) is 0 Å². The van der Waals surface area contributed by atoms with Gasteiger partial charge in [-0.1, -0.05) is 70.4 Å². The first-order valence-electron chi connectivity index (χ1n) is 12.4. The van der Waals surface area contributed by atoms with Gasteiger partial charge < -0.3 is 15.2 Å². The third-order valence-electron chi connectivity index (χ3n) is 5.34. The molecule has 0 bridgehead atoms. The summed E-state index contributed by atoms with van der Waals surface area (Å²) in [5, 5.41) is 9.04. The standard InChI is InChI=1S/C24H43NO8S/c1-2-3-4-5-6-7-8-9-10-11-12-13-14-15-16-17-22(26)25-18-19-33-23(27)20-21(24(28)29)34(30,31)32/h9-10,21H,2-8,11-20H2,1H3,(H,25,26)(H,28,29)(H,30,31,32). The molecule has 1 amide bonds. The predicted octanol–water partition coefficient (Wildman–Crippen LogP) is 4.41. The number of nitrogens with one attached hydrogen (secondary N) is 1. The average Bonchev–Trinajstić information content (AvgIpc) is 2.76. The topological polar surface area (TPSA) is 147 Å². The Morgan fingerprint density at radius 2 is 1.41 bits per heavy atom. The van der Waals surface area contributed by atoms with Crippen molar-refractivity contribution in [1.82, 2.24) is 5.32 Å². The molecule has 1 unspecified atom stereocenters. The van der Waals surface area contributed by atoms with Crippen molar-refractivity contribution in [2.45, 2.75) is 108 Å². The fourth-order valence-electron chi connectivity index (χ4n) is 3.33. The first-order valence-corrected chi connectivity index (χ1v) is 13.9. The van der Waals surface area contributed by atoms with E-state index < -0.39 is 33.7 Å². The van der Waals surface area contributed by atoms with Gasteiger partial charge in [0.2, 0.25) is 5.91 Å². The minimum Gasteiger partial charge on any atom is -0.480 e. The largest absolute Gasteiger partial charge is 0.480 e. The van der Waals surface area contributed by atoms with E-state index in [-0.39, 0.29) is 19.1 Å². The fourth-order valence-corrected chi connectivity index (χ4v) is 3.93. The van der Waals surface area contributed by atoms with Crippen molar-refractivity contribution in [3.05, 3.63) is 12.2 Å². The molecule has 0 saturated heterocycles. The van der Waals surface area contributed by atoms with E-state index in [0.29, 0.717) is 6.42 Å². The average molecular weight is 506 g/mol. The first kappa shape index (κ1) is 32.1. The number of hydrogen-bond donors (Lipinski definition) is 3. The summed E-state index contributed by atoms with van der Waals surface area (Å²) in [6.07, 6.45) is 19.3. The Bertz CT molecular complexity index is 706. The number of rotatable bonds is 22. The molecule has 0 radical (unpaired) electrons. The zero-order chi connectivity index (χ0) is 25.7. The van der Waals surface area contributed by atoms with Gasteiger partial charge in [0.05, 0.1) is 13.0 Å². The Balaban J connectivity index is 3.59. The van der Waals surface area contributed by atoms with Crippen LogP contribution in [0.25, 0.3) is 0 Å². The maximum Gasteiger partial charge on any atom is 0.325 e. The quantitative estimate of drug-likeness (QED) is 0.0848. The molecule has 0 spiro atoms. The van der Waals surface area contributed by atoms with Crippen LogP contribution in [0.15, 0.2) is 12.2 Å². The summed E-state index contributed by atoms with van der Waals surface area (Å²) in [4.78, 5) is 34.0. The lowest BCUT2D eigenvalue weighted by Crippen LogP contribution is -2.33. The maximum atomic E-state index is 11.8. The molecule has 0 aromatic rings. The Kier molecular flexibility index (Phi) is 19.3. The lowest BCUT2D eigenvalue weighted by molar-refractivity contribution is -0.147. The summed E-state index contributed by atoms with van der Waals surface area (Å²) < 4.78 is 35.3. The van der Waals surface area contributed by atoms with Gasteiger partial charge in [0.15, 0.2) is 5.25 Å². The minimum absolute atomic E-state index is 0.0409. The Morgan fingerprint density at radius 3 is 1.94 bits per heavy atom. The molecular formula is C24H43NO8S. The van der Waals surface area contributed by atoms with Crippen LogP contribution in [0.1, 0.15) is 103 Å². The number of esters is 1. The summed E-state index contributed by atoms with van der Waals surface area (Å²) in [6.45, 7) is 2.06. The number of unbranched alkanes of at least 4 members (excludes halogenated alkanes) is 11. The molecule has 0 heterocycles. The smallest absolute Gasteiger partial charge is 0.325 e. The number of allylic oxidation sites excluding steroid dienone is 2. The van der Waals surface area contributed by atoms with E-state index >= 15 is 0 Å². The number of carboxylic acid groups (broad SMARTS) is 1. The van der Waals surface area contributed by atoms with E-state index in [9.17, 15) is 22.8 Å². The van der Waals surface area contributed by atoms with Crippen LogP contribution in [0.4, 0.5) is 0 Å². The van der Waals surface area contributed by atoms with Crippen molar-refractivity contribution in [3.63, 3.8) is 0 Å². The van der Waals surface area contributed by atoms with Gasteiger partial charge in [-0.05, 0) is 32.1 Å². The van der Waals surface area contributed by atoms with E-state index in [2.05, 4.69) is 24.4 Å². The molecule has 10 heteroatoms. The lowest BCUT2D eigenvalue weighted by atomic mass is 10.1. The fraction of sp³-hybridized carbons (Fsp3) is 0.792. The van der Waals surface area contributed by atoms with E-state index in [0.717, 1.165) is 38.5 Å². The highest BCUT2D eigenvalue weighted by molar-refractivity contribution is 7.87. The molecule has 1 atom stereocenters. The van der Waals surface area contributed by atoms with Crippen molar-refractivity contribution in [2.24, 2.45) is 0 Å². The number of aliphatic carboxylic acids is 1. The van der Waals surface area contributed by atoms with Crippen LogP contribution in [0.3, 0.4) is 0 Å². The number of hydrogen-bond acceptors (Lipinski definition) is 6. The number of amides is 1. The minimum atomic E-state index is -4.91. The van der Waals surface area contributed by atoms with Crippen LogP contribution in [0.2, 0.25) is 0 Å². The molecule has 3 N–H and O–H groups in total. The van der Waals surface area contributed by atoms with Gasteiger partial charge in [-0.15, -0.1) is 0 Å². The lowest BCUT2D eigenvalue weighted by Gasteiger charge is -2.10. The van der Waals surface area contributed by atoms with E-state index in [1.165, 1.54) is 44.9 Å². The third kappa shape index (κ3) is 19.5. The Labute approximate surface area is 204 Å². The van der Waals surface area contributed by atoms with Crippen LogP contribution in [0, 0.1) is 0 Å². The van der Waals surface area contributed by atoms with Gasteiger partial charge >= 0.3 is 11.9 Å². The second-order valence-corrected chi connectivity index (χ2v) is 10.0. The van der Waals surface area contributed by atoms with Gasteiger partial charge in [0.1, 0.15) is 6.61 Å². The van der Waals surface area contributed by atoms with Crippen LogP contribution in [-0.2, 0) is 29.2 Å². The van der Waals surface area contributed by atoms with E-state index in [4.69, 9.17) is 14.4 Å². The normalized spacial score (nSPS) is 12.5. The number of carbonyl (C=O) groups is 3. The van der Waals surface area contributed by atoms with Gasteiger partial charge in [-0.2, -0.15) is 8.42 Å². The molecule has 34 heavy (non-hydrogen) atoms. The SMILES string of the molecule is CCCCCCCCC=CCCCCCCCC(=O)NCCOC(=O)CC(C(=O)O)S(=O)(=O)O. The molecule has 0 aliphatic carbocycles. The van der Waals surface area contributed by atoms with E-state index in [1.54, 1.807) is 0 Å². The molecular weight excluding hydrogens is 462 g/mol. The molecule has 0 aliphatic heterocycles. The molecule has 0 fully saturated rings. The van der Waals surface area contributed by atoms with Crippen molar-refractivity contribution in [2.75, 3.05) is 13.2 Å². The summed E-state index contributed by atoms with van der Waals surface area (Å²) in [5.41, 5.74) is 0. The highest BCUT2D eigenvalue weighted by Gasteiger charge is 2.33. The molecule has 0 aliphatic rings. The number of ether oxygens (including phenoxy) is 1. The van der Waals surface area contributed by atoms with Gasteiger partial charge in [0, 0.05) is 6.42 Å². The monoisotopic (exact) mass is 505 g/mol. The molecule has 9 nitrogen and oxygen atoms in total. The highest BCUT2D eigenvalue weighted by atomic mass is 32.2. The highest BCUT2D eigenvalue weighted by Crippen LogP contribution is 2.10. The van der Waals surface area contributed by atoms with Crippen LogP contribution in [-0.4, -0.2) is 54.3 Å². The van der Waals surface area contributed by atoms with Crippen LogP contribution < -0.4 is 5.32 Å². The van der Waals surface area contributed by atoms with Crippen molar-refractivity contribution < 1.29 is 37.2 Å². The Hall–Kier alpha value is -1.94. The van der Waals surface area contributed by atoms with Crippen LogP contribution >= 0.6 is 0 Å². The van der Waals surface area contributed by atoms with Crippen molar-refractivity contribution >= 4 is 28.0 Å². The second-order valence-electron chi connectivity index (χ2n) is 8.45. The summed E-state index contributed by atoms with van der Waals surface area (Å²) in [5.74, 6) is -3.10. The summed E-state index contributed by atoms with van der Waals surface area (Å²) >= 11 is 0. The summed E-state index contributed by atoms with van der Waals surface area (Å²) in [6, 6.07) is 0. The van der Waals surface area contributed by atoms with Crippen LogP contribution in [0.5, 0.6) is 0 Å². The molecule has 0 saturated carbocycles. The maximum absolute atomic E-state index is 11.8. The Morgan fingerprint density at radius 1 is 0.882 bits per heavy atom. The molecule has 0 aromatic heterocycles.